The predicted molar refractivity (Wildman–Crippen MR) is 77.6 cm³/mol. The highest BCUT2D eigenvalue weighted by atomic mass is 16.6. The molecule has 0 amide bonds. The number of ether oxygens (including phenoxy) is 2. The summed E-state index contributed by atoms with van der Waals surface area (Å²) >= 11 is 0. The average molecular weight is 276 g/mol. The lowest BCUT2D eigenvalue weighted by molar-refractivity contribution is -0.117. The smallest absolute Gasteiger partial charge is 0.0940 e. The van der Waals surface area contributed by atoms with Crippen LogP contribution in [0.2, 0.25) is 0 Å². The van der Waals surface area contributed by atoms with Gasteiger partial charge in [-0.1, -0.05) is 31.2 Å². The zero-order valence-electron chi connectivity index (χ0n) is 12.2. The first kappa shape index (κ1) is 14.1. The first-order valence-corrected chi connectivity index (χ1v) is 7.72. The van der Waals surface area contributed by atoms with E-state index in [4.69, 9.17) is 9.47 Å². The molecule has 3 atom stereocenters. The van der Waals surface area contributed by atoms with E-state index in [2.05, 4.69) is 19.1 Å². The maximum absolute atomic E-state index is 10.8. The highest BCUT2D eigenvalue weighted by Gasteiger charge is 2.43. The van der Waals surface area contributed by atoms with Gasteiger partial charge >= 0.3 is 0 Å². The number of aryl methyl sites for hydroxylation is 1. The van der Waals surface area contributed by atoms with Crippen LogP contribution in [0.15, 0.2) is 24.3 Å². The second-order valence-corrected chi connectivity index (χ2v) is 6.08. The lowest BCUT2D eigenvalue weighted by Gasteiger charge is -2.39. The van der Waals surface area contributed by atoms with Crippen LogP contribution < -0.4 is 0 Å². The molecule has 0 saturated carbocycles. The van der Waals surface area contributed by atoms with E-state index in [1.54, 1.807) is 0 Å². The highest BCUT2D eigenvalue weighted by molar-refractivity contribution is 5.29. The van der Waals surface area contributed by atoms with Crippen LogP contribution in [-0.4, -0.2) is 30.5 Å². The molecule has 0 aromatic heterocycles. The van der Waals surface area contributed by atoms with Gasteiger partial charge in [-0.05, 0) is 36.3 Å². The van der Waals surface area contributed by atoms with E-state index in [9.17, 15) is 5.11 Å². The second-order valence-electron chi connectivity index (χ2n) is 6.08. The van der Waals surface area contributed by atoms with Crippen molar-refractivity contribution in [2.24, 2.45) is 5.92 Å². The van der Waals surface area contributed by atoms with Gasteiger partial charge in [0.25, 0.3) is 0 Å². The molecule has 20 heavy (non-hydrogen) atoms. The van der Waals surface area contributed by atoms with Crippen molar-refractivity contribution in [1.82, 2.24) is 0 Å². The third-order valence-corrected chi connectivity index (χ3v) is 4.80. The molecule has 1 aromatic carbocycles. The van der Waals surface area contributed by atoms with Crippen molar-refractivity contribution in [2.45, 2.75) is 44.3 Å². The van der Waals surface area contributed by atoms with E-state index >= 15 is 0 Å². The summed E-state index contributed by atoms with van der Waals surface area (Å²) in [5.74, 6) is 0.276. The molecule has 1 N–H and O–H groups in total. The van der Waals surface area contributed by atoms with Gasteiger partial charge in [-0.25, -0.2) is 0 Å². The summed E-state index contributed by atoms with van der Waals surface area (Å²) in [5, 5.41) is 10.8. The third-order valence-electron chi connectivity index (χ3n) is 4.80. The van der Waals surface area contributed by atoms with Gasteiger partial charge < -0.3 is 14.6 Å². The molecule has 3 heteroatoms. The van der Waals surface area contributed by atoms with Crippen molar-refractivity contribution in [1.29, 1.82) is 0 Å². The van der Waals surface area contributed by atoms with E-state index < -0.39 is 0 Å². The van der Waals surface area contributed by atoms with Crippen LogP contribution in [-0.2, 0) is 15.9 Å². The standard InChI is InChI=1S/C17H24O3/c1-2-13-5-3-4-6-15(13)16(18)14-7-9-20-17(11-14)8-10-19-12-17/h3-6,14,16,18H,2,7-12H2,1H3. The van der Waals surface area contributed by atoms with Gasteiger partial charge in [-0.3, -0.25) is 0 Å². The minimum absolute atomic E-state index is 0.134. The summed E-state index contributed by atoms with van der Waals surface area (Å²) in [5.41, 5.74) is 2.21. The van der Waals surface area contributed by atoms with Gasteiger partial charge in [0.15, 0.2) is 0 Å². The Balaban J connectivity index is 1.77. The van der Waals surface area contributed by atoms with Crippen LogP contribution >= 0.6 is 0 Å². The van der Waals surface area contributed by atoms with Crippen LogP contribution in [0, 0.1) is 5.92 Å². The predicted octanol–water partition coefficient (Wildman–Crippen LogP) is 2.87. The van der Waals surface area contributed by atoms with Crippen molar-refractivity contribution in [3.8, 4) is 0 Å². The van der Waals surface area contributed by atoms with Gasteiger partial charge in [0.1, 0.15) is 0 Å². The lowest BCUT2D eigenvalue weighted by atomic mass is 9.79. The Hall–Kier alpha value is -0.900. The summed E-state index contributed by atoms with van der Waals surface area (Å²) in [4.78, 5) is 0. The fourth-order valence-electron chi connectivity index (χ4n) is 3.60. The molecule has 0 radical (unpaired) electrons. The van der Waals surface area contributed by atoms with Crippen LogP contribution in [0.3, 0.4) is 0 Å². The maximum Gasteiger partial charge on any atom is 0.0940 e. The average Bonchev–Trinajstić information content (AvgIpc) is 2.94. The Bertz CT molecular complexity index is 451. The summed E-state index contributed by atoms with van der Waals surface area (Å²) in [6.45, 7) is 4.35. The molecular formula is C17H24O3. The number of rotatable bonds is 3. The van der Waals surface area contributed by atoms with Gasteiger partial charge in [-0.2, -0.15) is 0 Å². The van der Waals surface area contributed by atoms with Crippen molar-refractivity contribution in [3.05, 3.63) is 35.4 Å². The van der Waals surface area contributed by atoms with E-state index in [-0.39, 0.29) is 17.6 Å². The fourth-order valence-corrected chi connectivity index (χ4v) is 3.60. The normalized spacial score (nSPS) is 31.6. The Kier molecular flexibility index (Phi) is 4.11. The Morgan fingerprint density at radius 2 is 2.20 bits per heavy atom. The zero-order valence-corrected chi connectivity index (χ0v) is 12.2. The minimum Gasteiger partial charge on any atom is -0.388 e. The van der Waals surface area contributed by atoms with Crippen LogP contribution in [0.5, 0.6) is 0 Å². The molecule has 2 aliphatic heterocycles. The molecule has 2 heterocycles. The second kappa shape index (κ2) is 5.84. The molecule has 0 bridgehead atoms. The Morgan fingerprint density at radius 1 is 1.35 bits per heavy atom. The van der Waals surface area contributed by atoms with Crippen molar-refractivity contribution >= 4 is 0 Å². The maximum atomic E-state index is 10.8. The largest absolute Gasteiger partial charge is 0.388 e. The van der Waals surface area contributed by atoms with E-state index in [1.807, 2.05) is 12.1 Å². The Labute approximate surface area is 120 Å². The number of hydrogen-bond acceptors (Lipinski definition) is 3. The highest BCUT2D eigenvalue weighted by Crippen LogP contribution is 2.41. The molecule has 1 aromatic rings. The summed E-state index contributed by atoms with van der Waals surface area (Å²) in [7, 11) is 0. The zero-order chi connectivity index (χ0) is 14.0. The first-order valence-electron chi connectivity index (χ1n) is 7.72. The molecule has 3 unspecified atom stereocenters. The van der Waals surface area contributed by atoms with Crippen LogP contribution in [0.4, 0.5) is 0 Å². The summed E-state index contributed by atoms with van der Waals surface area (Å²) in [6.07, 6.45) is 3.39. The van der Waals surface area contributed by atoms with Crippen molar-refractivity contribution in [3.63, 3.8) is 0 Å². The topological polar surface area (TPSA) is 38.7 Å². The fraction of sp³-hybridized carbons (Fsp3) is 0.647. The molecular weight excluding hydrogens is 252 g/mol. The first-order chi connectivity index (χ1) is 9.74. The molecule has 2 fully saturated rings. The SMILES string of the molecule is CCc1ccccc1C(O)C1CCOC2(CCOC2)C1. The van der Waals surface area contributed by atoms with E-state index in [1.165, 1.54) is 5.56 Å². The molecule has 0 aliphatic carbocycles. The van der Waals surface area contributed by atoms with Crippen LogP contribution in [0.1, 0.15) is 43.4 Å². The minimum atomic E-state index is -0.382. The number of aliphatic hydroxyl groups excluding tert-OH is 1. The molecule has 2 saturated heterocycles. The Morgan fingerprint density at radius 3 is 2.95 bits per heavy atom. The third kappa shape index (κ3) is 2.62. The van der Waals surface area contributed by atoms with Gasteiger partial charge in [0.05, 0.1) is 18.3 Å². The monoisotopic (exact) mass is 276 g/mol. The molecule has 1 spiro atoms. The molecule has 110 valence electrons. The van der Waals surface area contributed by atoms with E-state index in [0.717, 1.165) is 44.5 Å². The quantitative estimate of drug-likeness (QED) is 0.922. The summed E-state index contributed by atoms with van der Waals surface area (Å²) in [6, 6.07) is 8.25. The van der Waals surface area contributed by atoms with Gasteiger partial charge in [0.2, 0.25) is 0 Å². The van der Waals surface area contributed by atoms with E-state index in [0.29, 0.717) is 6.61 Å². The summed E-state index contributed by atoms with van der Waals surface area (Å²) < 4.78 is 11.5. The molecule has 2 aliphatic rings. The lowest BCUT2D eigenvalue weighted by Crippen LogP contribution is -2.42. The molecule has 3 nitrogen and oxygen atoms in total. The van der Waals surface area contributed by atoms with Crippen molar-refractivity contribution in [2.75, 3.05) is 19.8 Å². The van der Waals surface area contributed by atoms with Crippen LogP contribution in [0.25, 0.3) is 0 Å². The molecule has 3 rings (SSSR count). The number of benzene rings is 1. The van der Waals surface area contributed by atoms with Crippen molar-refractivity contribution < 1.29 is 14.6 Å². The van der Waals surface area contributed by atoms with Gasteiger partial charge in [-0.15, -0.1) is 0 Å². The van der Waals surface area contributed by atoms with Gasteiger partial charge in [0, 0.05) is 19.6 Å². The number of aliphatic hydroxyl groups is 1. The number of hydrogen-bond donors (Lipinski definition) is 1.